The number of thiazole rings is 1. The molecule has 0 bridgehead atoms. The Bertz CT molecular complexity index is 852. The zero-order chi connectivity index (χ0) is 16.4. The molecule has 0 saturated carbocycles. The van der Waals surface area contributed by atoms with Crippen molar-refractivity contribution >= 4 is 45.8 Å². The first-order valence-corrected chi connectivity index (χ1v) is 8.27. The van der Waals surface area contributed by atoms with Crippen LogP contribution in [0.2, 0.25) is 5.15 Å². The molecule has 23 heavy (non-hydrogen) atoms. The summed E-state index contributed by atoms with van der Waals surface area (Å²) in [5.41, 5.74) is 1.53. The highest BCUT2D eigenvalue weighted by Gasteiger charge is 2.19. The molecule has 0 fully saturated rings. The number of benzene rings is 1. The van der Waals surface area contributed by atoms with E-state index >= 15 is 0 Å². The number of aromatic nitrogens is 2. The molecule has 0 atom stereocenters. The number of nitrogens with zero attached hydrogens (tertiary/aromatic N) is 3. The molecular formula is C16H11ClFN3S2. The lowest BCUT2D eigenvalue weighted by Gasteiger charge is -2.19. The Kier molecular flexibility index (Phi) is 4.66. The topological polar surface area (TPSA) is 29.0 Å². The van der Waals surface area contributed by atoms with E-state index in [9.17, 15) is 4.39 Å². The number of anilines is 1. The predicted molar refractivity (Wildman–Crippen MR) is 96.9 cm³/mol. The average Bonchev–Trinajstić information content (AvgIpc) is 2.96. The molecule has 2 heterocycles. The standard InChI is InChI=1S/C16H11ClFN3S2/c1-21(12-5-3-2-4-6-12)16(22)13-14(17)20-15(23-13)10-7-11(18)9-19-8-10/h2-9H,1H3. The Balaban J connectivity index is 1.93. The van der Waals surface area contributed by atoms with Crippen molar-refractivity contribution in [2.45, 2.75) is 0 Å². The quantitative estimate of drug-likeness (QED) is 0.624. The van der Waals surface area contributed by atoms with E-state index in [1.165, 1.54) is 17.4 Å². The molecule has 1 aromatic carbocycles. The smallest absolute Gasteiger partial charge is 0.151 e. The first-order chi connectivity index (χ1) is 11.1. The van der Waals surface area contributed by atoms with E-state index in [2.05, 4.69) is 9.97 Å². The van der Waals surface area contributed by atoms with Gasteiger partial charge in [-0.15, -0.1) is 11.3 Å². The maximum atomic E-state index is 13.3. The molecule has 0 aliphatic rings. The Morgan fingerprint density at radius 2 is 2.00 bits per heavy atom. The summed E-state index contributed by atoms with van der Waals surface area (Å²) in [4.78, 5) is 11.2. The molecule has 0 unspecified atom stereocenters. The number of pyridine rings is 1. The molecule has 0 saturated heterocycles. The maximum Gasteiger partial charge on any atom is 0.151 e. The third-order valence-electron chi connectivity index (χ3n) is 3.18. The fourth-order valence-corrected chi connectivity index (χ4v) is 3.64. The summed E-state index contributed by atoms with van der Waals surface area (Å²) in [6.07, 6.45) is 2.69. The summed E-state index contributed by atoms with van der Waals surface area (Å²) in [5, 5.41) is 0.892. The molecule has 116 valence electrons. The number of hydrogen-bond donors (Lipinski definition) is 0. The van der Waals surface area contributed by atoms with Gasteiger partial charge in [-0.2, -0.15) is 0 Å². The van der Waals surface area contributed by atoms with Crippen molar-refractivity contribution in [3.05, 3.63) is 64.6 Å². The van der Waals surface area contributed by atoms with Crippen LogP contribution in [0.4, 0.5) is 10.1 Å². The highest BCUT2D eigenvalue weighted by Crippen LogP contribution is 2.32. The second kappa shape index (κ2) is 6.70. The van der Waals surface area contributed by atoms with Gasteiger partial charge in [-0.05, 0) is 18.2 Å². The van der Waals surface area contributed by atoms with Crippen LogP contribution in [0.3, 0.4) is 0 Å². The van der Waals surface area contributed by atoms with Gasteiger partial charge in [0.15, 0.2) is 5.15 Å². The minimum absolute atomic E-state index is 0.307. The van der Waals surface area contributed by atoms with E-state index in [-0.39, 0.29) is 0 Å². The first-order valence-electron chi connectivity index (χ1n) is 6.66. The SMILES string of the molecule is CN(C(=S)c1sc(-c2cncc(F)c2)nc1Cl)c1ccccc1. The molecule has 0 aliphatic carbocycles. The molecule has 2 aromatic heterocycles. The lowest BCUT2D eigenvalue weighted by Crippen LogP contribution is -2.24. The highest BCUT2D eigenvalue weighted by molar-refractivity contribution is 7.81. The van der Waals surface area contributed by atoms with Crippen LogP contribution in [0, 0.1) is 5.82 Å². The molecule has 7 heteroatoms. The van der Waals surface area contributed by atoms with Crippen molar-refractivity contribution < 1.29 is 4.39 Å². The van der Waals surface area contributed by atoms with Gasteiger partial charge < -0.3 is 4.90 Å². The van der Waals surface area contributed by atoms with Gasteiger partial charge in [0.05, 0.1) is 6.20 Å². The normalized spacial score (nSPS) is 10.6. The highest BCUT2D eigenvalue weighted by atomic mass is 35.5. The Labute approximate surface area is 147 Å². The number of para-hydroxylation sites is 1. The van der Waals surface area contributed by atoms with E-state index < -0.39 is 5.82 Å². The van der Waals surface area contributed by atoms with Crippen LogP contribution in [0.25, 0.3) is 10.6 Å². The molecule has 0 amide bonds. The molecule has 3 nitrogen and oxygen atoms in total. The largest absolute Gasteiger partial charge is 0.334 e. The number of hydrogen-bond acceptors (Lipinski definition) is 4. The van der Waals surface area contributed by atoms with Crippen LogP contribution in [0.1, 0.15) is 4.88 Å². The van der Waals surface area contributed by atoms with E-state index in [1.807, 2.05) is 42.3 Å². The predicted octanol–water partition coefficient (Wildman–Crippen LogP) is 4.81. The van der Waals surface area contributed by atoms with Crippen LogP contribution >= 0.6 is 35.2 Å². The summed E-state index contributed by atoms with van der Waals surface area (Å²) in [5.74, 6) is -0.417. The van der Waals surface area contributed by atoms with Crippen LogP contribution in [-0.4, -0.2) is 22.0 Å². The van der Waals surface area contributed by atoms with Gasteiger partial charge in [0.25, 0.3) is 0 Å². The van der Waals surface area contributed by atoms with Crippen molar-refractivity contribution in [3.8, 4) is 10.6 Å². The molecule has 0 N–H and O–H groups in total. The van der Waals surface area contributed by atoms with E-state index in [0.717, 1.165) is 11.9 Å². The summed E-state index contributed by atoms with van der Waals surface area (Å²) >= 11 is 13.1. The summed E-state index contributed by atoms with van der Waals surface area (Å²) < 4.78 is 13.3. The van der Waals surface area contributed by atoms with Crippen molar-refractivity contribution in [3.63, 3.8) is 0 Å². The zero-order valence-corrected chi connectivity index (χ0v) is 14.4. The van der Waals surface area contributed by atoms with Gasteiger partial charge in [0, 0.05) is 24.5 Å². The third kappa shape index (κ3) is 3.39. The number of thiocarbonyl (C=S) groups is 1. The van der Waals surface area contributed by atoms with Crippen LogP contribution < -0.4 is 4.90 Å². The van der Waals surface area contributed by atoms with Gasteiger partial charge >= 0.3 is 0 Å². The molecule has 0 aliphatic heterocycles. The third-order valence-corrected chi connectivity index (χ3v) is 5.28. The van der Waals surface area contributed by atoms with Crippen molar-refractivity contribution in [2.75, 3.05) is 11.9 Å². The van der Waals surface area contributed by atoms with E-state index in [4.69, 9.17) is 23.8 Å². The van der Waals surface area contributed by atoms with Crippen molar-refractivity contribution in [1.29, 1.82) is 0 Å². The lowest BCUT2D eigenvalue weighted by molar-refractivity contribution is 0.622. The molecule has 0 radical (unpaired) electrons. The van der Waals surface area contributed by atoms with Gasteiger partial charge in [-0.3, -0.25) is 4.98 Å². The maximum absolute atomic E-state index is 13.3. The molecule has 0 spiro atoms. The van der Waals surface area contributed by atoms with Gasteiger partial charge in [0.1, 0.15) is 20.7 Å². The fraction of sp³-hybridized carbons (Fsp3) is 0.0625. The Morgan fingerprint density at radius 1 is 1.26 bits per heavy atom. The Hall–Kier alpha value is -1.89. The molecule has 3 rings (SSSR count). The Morgan fingerprint density at radius 3 is 2.70 bits per heavy atom. The summed E-state index contributed by atoms with van der Waals surface area (Å²) in [6, 6.07) is 11.1. The van der Waals surface area contributed by atoms with Crippen LogP contribution in [-0.2, 0) is 0 Å². The first kappa shape index (κ1) is 16.0. The fourth-order valence-electron chi connectivity index (χ4n) is 2.01. The van der Waals surface area contributed by atoms with Crippen molar-refractivity contribution in [1.82, 2.24) is 9.97 Å². The second-order valence-corrected chi connectivity index (χ2v) is 6.47. The van der Waals surface area contributed by atoms with Crippen LogP contribution in [0.15, 0.2) is 48.8 Å². The van der Waals surface area contributed by atoms with Gasteiger partial charge in [-0.1, -0.05) is 42.0 Å². The number of halogens is 2. The molecular weight excluding hydrogens is 353 g/mol. The van der Waals surface area contributed by atoms with Gasteiger partial charge in [-0.25, -0.2) is 9.37 Å². The zero-order valence-electron chi connectivity index (χ0n) is 12.0. The van der Waals surface area contributed by atoms with E-state index in [0.29, 0.717) is 25.6 Å². The second-order valence-electron chi connectivity index (χ2n) is 4.73. The van der Waals surface area contributed by atoms with E-state index in [1.54, 1.807) is 6.20 Å². The molecule has 3 aromatic rings. The summed E-state index contributed by atoms with van der Waals surface area (Å²) in [7, 11) is 1.87. The van der Waals surface area contributed by atoms with Crippen LogP contribution in [0.5, 0.6) is 0 Å². The lowest BCUT2D eigenvalue weighted by atomic mass is 10.3. The number of rotatable bonds is 3. The van der Waals surface area contributed by atoms with Crippen molar-refractivity contribution in [2.24, 2.45) is 0 Å². The average molecular weight is 364 g/mol. The minimum atomic E-state index is -0.417. The summed E-state index contributed by atoms with van der Waals surface area (Å²) in [6.45, 7) is 0. The van der Waals surface area contributed by atoms with Gasteiger partial charge in [0.2, 0.25) is 0 Å². The monoisotopic (exact) mass is 363 g/mol. The minimum Gasteiger partial charge on any atom is -0.334 e.